The van der Waals surface area contributed by atoms with Gasteiger partial charge in [-0.25, -0.2) is 17.9 Å². The molecule has 0 aliphatic carbocycles. The van der Waals surface area contributed by atoms with Crippen LogP contribution in [0.4, 0.5) is 10.5 Å². The smallest absolute Gasteiger partial charge is 0.319 e. The Balaban J connectivity index is 1.65. The molecule has 0 aliphatic heterocycles. The lowest BCUT2D eigenvalue weighted by Crippen LogP contribution is -2.32. The zero-order valence-electron chi connectivity index (χ0n) is 17.6. The summed E-state index contributed by atoms with van der Waals surface area (Å²) in [6.45, 7) is 6.90. The van der Waals surface area contributed by atoms with Crippen molar-refractivity contribution < 1.29 is 13.2 Å². The van der Waals surface area contributed by atoms with Gasteiger partial charge in [0, 0.05) is 30.3 Å². The van der Waals surface area contributed by atoms with Crippen molar-refractivity contribution in [2.75, 3.05) is 25.0 Å². The Morgan fingerprint density at radius 1 is 1.19 bits per heavy atom. The van der Waals surface area contributed by atoms with Gasteiger partial charge >= 0.3 is 6.03 Å². The molecule has 3 aromatic rings. The van der Waals surface area contributed by atoms with Crippen LogP contribution in [-0.4, -0.2) is 53.4 Å². The van der Waals surface area contributed by atoms with Crippen molar-refractivity contribution in [1.82, 2.24) is 24.6 Å². The predicted octanol–water partition coefficient (Wildman–Crippen LogP) is 3.25. The average molecular weight is 465 g/mol. The molecule has 2 aromatic carbocycles. The first-order valence-electron chi connectivity index (χ1n) is 9.91. The molecule has 2 amide bonds. The number of carbonyl (C=O) groups excluding carboxylic acids is 1. The first-order valence-corrected chi connectivity index (χ1v) is 11.7. The van der Waals surface area contributed by atoms with Crippen LogP contribution in [0.15, 0.2) is 41.3 Å². The van der Waals surface area contributed by atoms with E-state index in [4.69, 9.17) is 11.6 Å². The average Bonchev–Trinajstić information content (AvgIpc) is 3.14. The van der Waals surface area contributed by atoms with E-state index in [0.717, 1.165) is 5.56 Å². The van der Waals surface area contributed by atoms with E-state index in [0.29, 0.717) is 47.9 Å². The lowest BCUT2D eigenvalue weighted by atomic mass is 10.2. The van der Waals surface area contributed by atoms with Crippen molar-refractivity contribution >= 4 is 44.4 Å². The number of amides is 2. The van der Waals surface area contributed by atoms with E-state index in [9.17, 15) is 13.2 Å². The number of hydrogen-bond acceptors (Lipinski definition) is 5. The molecule has 0 unspecified atom stereocenters. The number of carbonyl (C=O) groups is 1. The number of hydrogen-bond donors (Lipinski definition) is 2. The van der Waals surface area contributed by atoms with Crippen LogP contribution in [-0.2, 0) is 16.6 Å². The number of anilines is 1. The summed E-state index contributed by atoms with van der Waals surface area (Å²) in [6, 6.07) is 9.70. The van der Waals surface area contributed by atoms with Crippen LogP contribution in [0.5, 0.6) is 0 Å². The lowest BCUT2D eigenvalue weighted by molar-refractivity contribution is 0.251. The largest absolute Gasteiger partial charge is 0.336 e. The molecule has 1 heterocycles. The topological polar surface area (TPSA) is 109 Å². The molecule has 9 nitrogen and oxygen atoms in total. The normalized spacial score (nSPS) is 11.8. The van der Waals surface area contributed by atoms with Crippen LogP contribution in [0.2, 0.25) is 5.02 Å². The molecule has 3 rings (SSSR count). The number of nitrogens with zero attached hydrogens (tertiary/aromatic N) is 4. The van der Waals surface area contributed by atoms with Crippen LogP contribution < -0.4 is 10.6 Å². The van der Waals surface area contributed by atoms with Crippen molar-refractivity contribution in [3.05, 3.63) is 47.0 Å². The molecule has 1 aromatic heterocycles. The standard InChI is InChI=1S/C20H25ClN6O3S/c1-4-26(5-2)31(29,30)15-9-10-19-18(13-15)24-25-27(19)12-11-22-20(28)23-17-8-6-7-16(21)14(17)3/h6-10,13H,4-5,11-12H2,1-3H3,(H2,22,23,28). The van der Waals surface area contributed by atoms with Gasteiger partial charge in [0.25, 0.3) is 0 Å². The highest BCUT2D eigenvalue weighted by molar-refractivity contribution is 7.89. The number of halogens is 1. The lowest BCUT2D eigenvalue weighted by Gasteiger charge is -2.18. The Hall–Kier alpha value is -2.69. The third-order valence-corrected chi connectivity index (χ3v) is 7.41. The summed E-state index contributed by atoms with van der Waals surface area (Å²) in [4.78, 5) is 12.3. The Kier molecular flexibility index (Phi) is 7.14. The van der Waals surface area contributed by atoms with Gasteiger partial charge in [-0.1, -0.05) is 36.7 Å². The Morgan fingerprint density at radius 2 is 1.94 bits per heavy atom. The second-order valence-electron chi connectivity index (χ2n) is 6.85. The molecule has 2 N–H and O–H groups in total. The number of nitrogens with one attached hydrogen (secondary N) is 2. The summed E-state index contributed by atoms with van der Waals surface area (Å²) in [7, 11) is -3.57. The molecule has 0 spiro atoms. The van der Waals surface area contributed by atoms with Gasteiger partial charge in [-0.15, -0.1) is 5.10 Å². The van der Waals surface area contributed by atoms with Crippen LogP contribution >= 0.6 is 11.6 Å². The number of rotatable bonds is 8. The maximum atomic E-state index is 12.7. The minimum atomic E-state index is -3.57. The Morgan fingerprint density at radius 3 is 2.65 bits per heavy atom. The number of aromatic nitrogens is 3. The number of sulfonamides is 1. The van der Waals surface area contributed by atoms with Gasteiger partial charge in [0.1, 0.15) is 5.52 Å². The number of urea groups is 1. The summed E-state index contributed by atoms with van der Waals surface area (Å²) >= 11 is 6.07. The highest BCUT2D eigenvalue weighted by Gasteiger charge is 2.22. The molecule has 11 heteroatoms. The summed E-state index contributed by atoms with van der Waals surface area (Å²) < 4.78 is 28.4. The van der Waals surface area contributed by atoms with Crippen LogP contribution in [0.25, 0.3) is 11.0 Å². The van der Waals surface area contributed by atoms with Gasteiger partial charge in [0.15, 0.2) is 0 Å². The van der Waals surface area contributed by atoms with Gasteiger partial charge < -0.3 is 10.6 Å². The van der Waals surface area contributed by atoms with E-state index < -0.39 is 10.0 Å². The van der Waals surface area contributed by atoms with E-state index in [-0.39, 0.29) is 10.9 Å². The van der Waals surface area contributed by atoms with Crippen molar-refractivity contribution in [2.24, 2.45) is 0 Å². The summed E-state index contributed by atoms with van der Waals surface area (Å²) in [5, 5.41) is 14.3. The Labute approximate surface area is 186 Å². The molecule has 0 bridgehead atoms. The van der Waals surface area contributed by atoms with Gasteiger partial charge in [-0.2, -0.15) is 4.31 Å². The minimum absolute atomic E-state index is 0.185. The molecule has 0 atom stereocenters. The number of fused-ring (bicyclic) bond motifs is 1. The SMILES string of the molecule is CCN(CC)S(=O)(=O)c1ccc2c(c1)nnn2CCNC(=O)Nc1cccc(Cl)c1C. The van der Waals surface area contributed by atoms with Crippen LogP contribution in [0, 0.1) is 6.92 Å². The molecule has 0 radical (unpaired) electrons. The predicted molar refractivity (Wildman–Crippen MR) is 121 cm³/mol. The van der Waals surface area contributed by atoms with Gasteiger partial charge in [0.05, 0.1) is 17.0 Å². The fourth-order valence-corrected chi connectivity index (χ4v) is 4.83. The van der Waals surface area contributed by atoms with Crippen molar-refractivity contribution in [1.29, 1.82) is 0 Å². The fraction of sp³-hybridized carbons (Fsp3) is 0.350. The maximum absolute atomic E-state index is 12.7. The summed E-state index contributed by atoms with van der Waals surface area (Å²) in [6.07, 6.45) is 0. The highest BCUT2D eigenvalue weighted by Crippen LogP contribution is 2.23. The molecule has 0 saturated heterocycles. The van der Waals surface area contributed by atoms with E-state index >= 15 is 0 Å². The highest BCUT2D eigenvalue weighted by atomic mass is 35.5. The third-order valence-electron chi connectivity index (χ3n) is 4.95. The maximum Gasteiger partial charge on any atom is 0.319 e. The zero-order valence-corrected chi connectivity index (χ0v) is 19.2. The third kappa shape index (κ3) is 4.97. The van der Waals surface area contributed by atoms with Crippen molar-refractivity contribution in [3.8, 4) is 0 Å². The van der Waals surface area contributed by atoms with Crippen LogP contribution in [0.1, 0.15) is 19.4 Å². The molecule has 31 heavy (non-hydrogen) atoms. The monoisotopic (exact) mass is 464 g/mol. The van der Waals surface area contributed by atoms with E-state index in [1.165, 1.54) is 10.4 Å². The minimum Gasteiger partial charge on any atom is -0.336 e. The Bertz CT molecular complexity index is 1190. The fourth-order valence-electron chi connectivity index (χ4n) is 3.17. The van der Waals surface area contributed by atoms with Gasteiger partial charge in [0.2, 0.25) is 10.0 Å². The summed E-state index contributed by atoms with van der Waals surface area (Å²) in [5.74, 6) is 0. The van der Waals surface area contributed by atoms with E-state index in [2.05, 4.69) is 20.9 Å². The van der Waals surface area contributed by atoms with Crippen LogP contribution in [0.3, 0.4) is 0 Å². The molecular formula is C20H25ClN6O3S. The molecule has 0 aliphatic rings. The first kappa shape index (κ1) is 23.0. The van der Waals surface area contributed by atoms with E-state index in [1.807, 2.05) is 6.92 Å². The molecule has 0 saturated carbocycles. The second kappa shape index (κ2) is 9.63. The van der Waals surface area contributed by atoms with Gasteiger partial charge in [-0.3, -0.25) is 0 Å². The molecule has 0 fully saturated rings. The molecular weight excluding hydrogens is 440 g/mol. The zero-order chi connectivity index (χ0) is 22.6. The van der Waals surface area contributed by atoms with Crippen molar-refractivity contribution in [3.63, 3.8) is 0 Å². The number of benzene rings is 2. The van der Waals surface area contributed by atoms with Crippen molar-refractivity contribution in [2.45, 2.75) is 32.2 Å². The quantitative estimate of drug-likeness (QED) is 0.531. The first-order chi connectivity index (χ1) is 14.8. The van der Waals surface area contributed by atoms with Gasteiger partial charge in [-0.05, 0) is 42.8 Å². The second-order valence-corrected chi connectivity index (χ2v) is 9.19. The molecule has 166 valence electrons. The summed E-state index contributed by atoms with van der Waals surface area (Å²) in [5.41, 5.74) is 2.59. The van der Waals surface area contributed by atoms with E-state index in [1.54, 1.807) is 48.9 Å².